The lowest BCUT2D eigenvalue weighted by Gasteiger charge is -2.08. The molecule has 0 saturated carbocycles. The summed E-state index contributed by atoms with van der Waals surface area (Å²) >= 11 is 0. The monoisotopic (exact) mass is 162 g/mol. The predicted octanol–water partition coefficient (Wildman–Crippen LogP) is 4.03. The Morgan fingerprint density at radius 1 is 1.25 bits per heavy atom. The Kier molecular flexibility index (Phi) is 5.11. The minimum atomic E-state index is 0.991. The molecule has 0 aliphatic carbocycles. The molecule has 0 heterocycles. The van der Waals surface area contributed by atoms with Crippen LogP contribution in [0.3, 0.4) is 0 Å². The van der Waals surface area contributed by atoms with Crippen molar-refractivity contribution in [3.63, 3.8) is 0 Å². The van der Waals surface area contributed by atoms with E-state index in [0.717, 1.165) is 6.42 Å². The molecule has 0 unspecified atom stereocenters. The molecule has 0 heteroatoms. The highest BCUT2D eigenvalue weighted by atomic mass is 14.1. The first-order chi connectivity index (χ1) is 5.71. The van der Waals surface area contributed by atoms with Crippen molar-refractivity contribution in [1.82, 2.24) is 0 Å². The van der Waals surface area contributed by atoms with E-state index in [0.29, 0.717) is 0 Å². The second-order valence-corrected chi connectivity index (χ2v) is 2.61. The molecule has 0 radical (unpaired) electrons. The number of allylic oxidation sites excluding steroid dienone is 6. The van der Waals surface area contributed by atoms with Crippen LogP contribution in [0.25, 0.3) is 0 Å². The molecule has 0 saturated heterocycles. The highest BCUT2D eigenvalue weighted by Crippen LogP contribution is 2.20. The maximum Gasteiger partial charge on any atom is -0.0204 e. The minimum Gasteiger partial charge on any atom is -0.0985 e. The van der Waals surface area contributed by atoms with Gasteiger partial charge in [0.1, 0.15) is 0 Å². The van der Waals surface area contributed by atoms with E-state index >= 15 is 0 Å². The topological polar surface area (TPSA) is 0 Å². The van der Waals surface area contributed by atoms with Gasteiger partial charge in [0.05, 0.1) is 0 Å². The van der Waals surface area contributed by atoms with Crippen molar-refractivity contribution >= 4 is 0 Å². The van der Waals surface area contributed by atoms with Crippen LogP contribution < -0.4 is 0 Å². The summed E-state index contributed by atoms with van der Waals surface area (Å²) in [4.78, 5) is 0. The second-order valence-electron chi connectivity index (χ2n) is 2.61. The molecule has 0 amide bonds. The van der Waals surface area contributed by atoms with Gasteiger partial charge in [-0.1, -0.05) is 38.3 Å². The molecular formula is C12H18. The van der Waals surface area contributed by atoms with Crippen molar-refractivity contribution in [3.8, 4) is 0 Å². The summed E-state index contributed by atoms with van der Waals surface area (Å²) in [5, 5.41) is 0. The van der Waals surface area contributed by atoms with E-state index in [1.165, 1.54) is 16.7 Å². The average Bonchev–Trinajstić information content (AvgIpc) is 2.12. The summed E-state index contributed by atoms with van der Waals surface area (Å²) in [6.45, 7) is 13.9. The zero-order valence-corrected chi connectivity index (χ0v) is 8.35. The van der Waals surface area contributed by atoms with Crippen LogP contribution in [0.4, 0.5) is 0 Å². The number of hydrogen-bond acceptors (Lipinski definition) is 0. The van der Waals surface area contributed by atoms with Crippen LogP contribution in [-0.2, 0) is 0 Å². The zero-order chi connectivity index (χ0) is 9.56. The van der Waals surface area contributed by atoms with Crippen molar-refractivity contribution in [2.75, 3.05) is 0 Å². The Bertz CT molecular complexity index is 226. The summed E-state index contributed by atoms with van der Waals surface area (Å²) in [5.41, 5.74) is 3.56. The molecule has 0 aliphatic heterocycles. The Morgan fingerprint density at radius 2 is 1.83 bits per heavy atom. The van der Waals surface area contributed by atoms with Gasteiger partial charge in [0.15, 0.2) is 0 Å². The van der Waals surface area contributed by atoms with E-state index in [2.05, 4.69) is 32.2 Å². The first-order valence-electron chi connectivity index (χ1n) is 4.34. The highest BCUT2D eigenvalue weighted by Gasteiger charge is 2.01. The smallest absolute Gasteiger partial charge is 0.0204 e. The van der Waals surface area contributed by atoms with Crippen molar-refractivity contribution in [1.29, 1.82) is 0 Å². The molecule has 0 rings (SSSR count). The Hall–Kier alpha value is -1.04. The fourth-order valence-electron chi connectivity index (χ4n) is 1.15. The maximum absolute atomic E-state index is 4.00. The van der Waals surface area contributed by atoms with Crippen molar-refractivity contribution < 1.29 is 0 Å². The molecule has 66 valence electrons. The Balaban J connectivity index is 4.80. The van der Waals surface area contributed by atoms with E-state index in [1.807, 2.05) is 19.9 Å². The largest absolute Gasteiger partial charge is 0.0985 e. The molecule has 0 N–H and O–H groups in total. The van der Waals surface area contributed by atoms with Gasteiger partial charge in [0.25, 0.3) is 0 Å². The average molecular weight is 162 g/mol. The Labute approximate surface area is 76.0 Å². The Morgan fingerprint density at radius 3 is 2.08 bits per heavy atom. The molecule has 0 spiro atoms. The minimum absolute atomic E-state index is 0.991. The predicted molar refractivity (Wildman–Crippen MR) is 57.1 cm³/mol. The van der Waals surface area contributed by atoms with E-state index in [-0.39, 0.29) is 0 Å². The fourth-order valence-corrected chi connectivity index (χ4v) is 1.15. The third-order valence-electron chi connectivity index (χ3n) is 1.94. The third kappa shape index (κ3) is 2.54. The van der Waals surface area contributed by atoms with Crippen molar-refractivity contribution in [3.05, 3.63) is 48.1 Å². The van der Waals surface area contributed by atoms with Gasteiger partial charge in [0.2, 0.25) is 0 Å². The maximum atomic E-state index is 4.00. The van der Waals surface area contributed by atoms with Gasteiger partial charge >= 0.3 is 0 Å². The van der Waals surface area contributed by atoms with E-state index in [4.69, 9.17) is 0 Å². The van der Waals surface area contributed by atoms with Crippen LogP contribution in [0.1, 0.15) is 27.2 Å². The quantitative estimate of drug-likeness (QED) is 0.547. The van der Waals surface area contributed by atoms with Gasteiger partial charge in [-0.15, -0.1) is 0 Å². The summed E-state index contributed by atoms with van der Waals surface area (Å²) in [6, 6.07) is 0. The van der Waals surface area contributed by atoms with E-state index in [1.54, 1.807) is 0 Å². The van der Waals surface area contributed by atoms with Crippen LogP contribution in [-0.4, -0.2) is 0 Å². The summed E-state index contributed by atoms with van der Waals surface area (Å²) in [6.07, 6.45) is 7.01. The third-order valence-corrected chi connectivity index (χ3v) is 1.94. The van der Waals surface area contributed by atoms with E-state index < -0.39 is 0 Å². The first-order valence-corrected chi connectivity index (χ1v) is 4.34. The van der Waals surface area contributed by atoms with Crippen LogP contribution >= 0.6 is 0 Å². The lowest BCUT2D eigenvalue weighted by atomic mass is 9.97. The molecule has 0 aromatic carbocycles. The number of rotatable bonds is 4. The second kappa shape index (κ2) is 5.59. The zero-order valence-electron chi connectivity index (χ0n) is 8.35. The standard InChI is InChI=1S/C12H18/c1-6-10(5)12(9-4)11(7-2)8-3/h7-9H,2,5-6H2,1,3-4H3/b11-8-,12-9-. The molecule has 0 atom stereocenters. The summed E-state index contributed by atoms with van der Waals surface area (Å²) in [7, 11) is 0. The van der Waals surface area contributed by atoms with Crippen molar-refractivity contribution in [2.24, 2.45) is 0 Å². The van der Waals surface area contributed by atoms with Gasteiger partial charge < -0.3 is 0 Å². The molecule has 0 nitrogen and oxygen atoms in total. The molecule has 0 aromatic rings. The SMILES string of the molecule is C=CC(=C/C)/C(=C\C)C(=C)CC. The fraction of sp³-hybridized carbons (Fsp3) is 0.333. The van der Waals surface area contributed by atoms with Crippen LogP contribution in [0.5, 0.6) is 0 Å². The van der Waals surface area contributed by atoms with Gasteiger partial charge in [-0.25, -0.2) is 0 Å². The normalized spacial score (nSPS) is 12.9. The highest BCUT2D eigenvalue weighted by molar-refractivity contribution is 5.49. The van der Waals surface area contributed by atoms with Crippen molar-refractivity contribution in [2.45, 2.75) is 27.2 Å². The molecule has 12 heavy (non-hydrogen) atoms. The molecule has 0 fully saturated rings. The molecular weight excluding hydrogens is 144 g/mol. The summed E-state index contributed by atoms with van der Waals surface area (Å²) in [5.74, 6) is 0. The van der Waals surface area contributed by atoms with Gasteiger partial charge in [-0.05, 0) is 37.0 Å². The lowest BCUT2D eigenvalue weighted by Crippen LogP contribution is -1.89. The van der Waals surface area contributed by atoms with Gasteiger partial charge in [-0.2, -0.15) is 0 Å². The van der Waals surface area contributed by atoms with E-state index in [9.17, 15) is 0 Å². The van der Waals surface area contributed by atoms with Crippen LogP contribution in [0.15, 0.2) is 48.1 Å². The molecule has 0 aliphatic rings. The lowest BCUT2D eigenvalue weighted by molar-refractivity contribution is 1.12. The van der Waals surface area contributed by atoms with Crippen LogP contribution in [0, 0.1) is 0 Å². The summed E-state index contributed by atoms with van der Waals surface area (Å²) < 4.78 is 0. The first kappa shape index (κ1) is 11.0. The van der Waals surface area contributed by atoms with Crippen LogP contribution in [0.2, 0.25) is 0 Å². The van der Waals surface area contributed by atoms with Gasteiger partial charge in [0, 0.05) is 0 Å². The van der Waals surface area contributed by atoms with Gasteiger partial charge in [-0.3, -0.25) is 0 Å². The number of hydrogen-bond donors (Lipinski definition) is 0. The molecule has 0 bridgehead atoms. The molecule has 0 aromatic heterocycles.